The zero-order chi connectivity index (χ0) is 32.7. The largest absolute Gasteiger partial charge is 0.0622 e. The Morgan fingerprint density at radius 3 is 1.49 bits per heavy atom. The minimum atomic E-state index is -0.102. The molecule has 1 aliphatic carbocycles. The predicted molar refractivity (Wildman–Crippen MR) is 210 cm³/mol. The van der Waals surface area contributed by atoms with E-state index in [-0.39, 0.29) is 5.41 Å². The van der Waals surface area contributed by atoms with Crippen LogP contribution in [-0.2, 0) is 5.41 Å². The van der Waals surface area contributed by atoms with Crippen LogP contribution in [0, 0.1) is 0 Å². The molecule has 0 atom stereocenters. The Hall–Kier alpha value is -5.98. The molecule has 0 saturated heterocycles. The summed E-state index contributed by atoms with van der Waals surface area (Å²) in [5.74, 6) is 0. The first-order valence-electron chi connectivity index (χ1n) is 17.3. The van der Waals surface area contributed by atoms with Gasteiger partial charge in [0.15, 0.2) is 0 Å². The Bertz CT molecular complexity index is 2720. The molecular weight excluding hydrogens is 589 g/mol. The first-order valence-corrected chi connectivity index (χ1v) is 17.3. The van der Waals surface area contributed by atoms with Crippen molar-refractivity contribution < 1.29 is 0 Å². The van der Waals surface area contributed by atoms with Crippen molar-refractivity contribution in [2.45, 2.75) is 19.3 Å². The van der Waals surface area contributed by atoms with Gasteiger partial charge in [0.1, 0.15) is 0 Å². The number of benzene rings is 9. The summed E-state index contributed by atoms with van der Waals surface area (Å²) in [4.78, 5) is 0. The van der Waals surface area contributed by atoms with Crippen LogP contribution in [0.1, 0.15) is 25.0 Å². The molecule has 0 aromatic heterocycles. The van der Waals surface area contributed by atoms with Gasteiger partial charge in [-0.1, -0.05) is 166 Å². The summed E-state index contributed by atoms with van der Waals surface area (Å²) in [6.45, 7) is 4.78. The molecule has 0 nitrogen and oxygen atoms in total. The zero-order valence-corrected chi connectivity index (χ0v) is 27.7. The Morgan fingerprint density at radius 2 is 0.816 bits per heavy atom. The standard InChI is InChI=1S/C49H34/c1-49(2)44-27-15-14-26-41(44)48-36-21-9-8-20-35(36)43(30-45(48)49)47-39-24-12-10-22-37(39)46(38-23-11-13-25-40(38)47)33-28-32-18-6-7-19-34(32)42(29-33)31-16-4-3-5-17-31/h3-30H,1-2H3. The highest BCUT2D eigenvalue weighted by atomic mass is 14.4. The second-order valence-electron chi connectivity index (χ2n) is 14.0. The van der Waals surface area contributed by atoms with E-state index in [0.29, 0.717) is 0 Å². The molecule has 0 bridgehead atoms. The Balaban J connectivity index is 1.33. The van der Waals surface area contributed by atoms with Crippen LogP contribution in [0.25, 0.3) is 87.6 Å². The summed E-state index contributed by atoms with van der Waals surface area (Å²) in [6.07, 6.45) is 0. The molecule has 9 aromatic carbocycles. The molecule has 0 unspecified atom stereocenters. The SMILES string of the molecule is CC1(C)c2ccccc2-c2c1cc(-c1c3ccccc3c(-c3cc(-c4ccccc4)c4ccccc4c3)c3ccccc13)c1ccccc21. The second-order valence-corrected chi connectivity index (χ2v) is 14.0. The molecular formula is C49H34. The van der Waals surface area contributed by atoms with Crippen LogP contribution in [0.15, 0.2) is 170 Å². The lowest BCUT2D eigenvalue weighted by atomic mass is 9.79. The summed E-state index contributed by atoms with van der Waals surface area (Å²) in [6, 6.07) is 63.1. The topological polar surface area (TPSA) is 0 Å². The minimum absolute atomic E-state index is 0.102. The fourth-order valence-corrected chi connectivity index (χ4v) is 8.80. The molecule has 0 heterocycles. The van der Waals surface area contributed by atoms with Gasteiger partial charge >= 0.3 is 0 Å². The monoisotopic (exact) mass is 622 g/mol. The summed E-state index contributed by atoms with van der Waals surface area (Å²) < 4.78 is 0. The number of hydrogen-bond acceptors (Lipinski definition) is 0. The third-order valence-electron chi connectivity index (χ3n) is 11.0. The molecule has 10 rings (SSSR count). The van der Waals surface area contributed by atoms with Gasteiger partial charge in [-0.15, -0.1) is 0 Å². The van der Waals surface area contributed by atoms with E-state index in [9.17, 15) is 0 Å². The minimum Gasteiger partial charge on any atom is -0.0622 e. The molecule has 1 aliphatic rings. The van der Waals surface area contributed by atoms with Crippen molar-refractivity contribution in [1.82, 2.24) is 0 Å². The van der Waals surface area contributed by atoms with Crippen molar-refractivity contribution in [1.29, 1.82) is 0 Å². The fraction of sp³-hybridized carbons (Fsp3) is 0.0612. The fourth-order valence-electron chi connectivity index (χ4n) is 8.80. The van der Waals surface area contributed by atoms with Gasteiger partial charge in [0.2, 0.25) is 0 Å². The smallest absolute Gasteiger partial charge is 0.0159 e. The van der Waals surface area contributed by atoms with Crippen LogP contribution < -0.4 is 0 Å². The van der Waals surface area contributed by atoms with Crippen molar-refractivity contribution in [2.24, 2.45) is 0 Å². The maximum absolute atomic E-state index is 2.52. The quantitative estimate of drug-likeness (QED) is 0.172. The van der Waals surface area contributed by atoms with Gasteiger partial charge in [0.25, 0.3) is 0 Å². The molecule has 0 fully saturated rings. The van der Waals surface area contributed by atoms with Crippen molar-refractivity contribution >= 4 is 43.1 Å². The van der Waals surface area contributed by atoms with Gasteiger partial charge in [0, 0.05) is 5.41 Å². The number of hydrogen-bond donors (Lipinski definition) is 0. The van der Waals surface area contributed by atoms with Gasteiger partial charge in [-0.05, 0) is 117 Å². The summed E-state index contributed by atoms with van der Waals surface area (Å²) in [5.41, 5.74) is 13.1. The normalized spacial score (nSPS) is 13.3. The van der Waals surface area contributed by atoms with Crippen LogP contribution in [0.2, 0.25) is 0 Å². The maximum atomic E-state index is 2.52. The van der Waals surface area contributed by atoms with Crippen LogP contribution in [0.3, 0.4) is 0 Å². The number of fused-ring (bicyclic) bond motifs is 8. The molecule has 49 heavy (non-hydrogen) atoms. The van der Waals surface area contributed by atoms with E-state index < -0.39 is 0 Å². The Morgan fingerprint density at radius 1 is 0.306 bits per heavy atom. The van der Waals surface area contributed by atoms with Gasteiger partial charge in [0.05, 0.1) is 0 Å². The second kappa shape index (κ2) is 10.5. The highest BCUT2D eigenvalue weighted by molar-refractivity contribution is 6.25. The highest BCUT2D eigenvalue weighted by Crippen LogP contribution is 2.55. The van der Waals surface area contributed by atoms with Crippen LogP contribution in [0.4, 0.5) is 0 Å². The van der Waals surface area contributed by atoms with E-state index in [1.807, 2.05) is 0 Å². The molecule has 230 valence electrons. The molecule has 0 N–H and O–H groups in total. The Kier molecular flexibility index (Phi) is 6.02. The van der Waals surface area contributed by atoms with E-state index in [0.717, 1.165) is 0 Å². The van der Waals surface area contributed by atoms with Crippen molar-refractivity contribution in [3.05, 3.63) is 181 Å². The molecule has 0 saturated carbocycles. The summed E-state index contributed by atoms with van der Waals surface area (Å²) in [5, 5.41) is 10.3. The van der Waals surface area contributed by atoms with Crippen LogP contribution in [-0.4, -0.2) is 0 Å². The first-order chi connectivity index (χ1) is 24.1. The van der Waals surface area contributed by atoms with Gasteiger partial charge in [-0.2, -0.15) is 0 Å². The molecule has 0 heteroatoms. The van der Waals surface area contributed by atoms with E-state index >= 15 is 0 Å². The molecule has 0 aliphatic heterocycles. The maximum Gasteiger partial charge on any atom is 0.0159 e. The predicted octanol–water partition coefficient (Wildman–Crippen LogP) is 13.6. The van der Waals surface area contributed by atoms with E-state index in [1.54, 1.807) is 0 Å². The van der Waals surface area contributed by atoms with Crippen molar-refractivity contribution in [3.63, 3.8) is 0 Å². The third-order valence-corrected chi connectivity index (χ3v) is 11.0. The average molecular weight is 623 g/mol. The average Bonchev–Trinajstić information content (AvgIpc) is 3.39. The van der Waals surface area contributed by atoms with Gasteiger partial charge in [-0.3, -0.25) is 0 Å². The lowest BCUT2D eigenvalue weighted by Gasteiger charge is -2.24. The first kappa shape index (κ1) is 28.1. The van der Waals surface area contributed by atoms with Crippen LogP contribution >= 0.6 is 0 Å². The molecule has 9 aromatic rings. The van der Waals surface area contributed by atoms with Gasteiger partial charge < -0.3 is 0 Å². The lowest BCUT2D eigenvalue weighted by Crippen LogP contribution is -2.15. The van der Waals surface area contributed by atoms with E-state index in [4.69, 9.17) is 0 Å². The summed E-state index contributed by atoms with van der Waals surface area (Å²) in [7, 11) is 0. The van der Waals surface area contributed by atoms with Crippen molar-refractivity contribution in [2.75, 3.05) is 0 Å². The highest BCUT2D eigenvalue weighted by Gasteiger charge is 2.37. The molecule has 0 amide bonds. The van der Waals surface area contributed by atoms with Crippen molar-refractivity contribution in [3.8, 4) is 44.5 Å². The zero-order valence-electron chi connectivity index (χ0n) is 27.7. The van der Waals surface area contributed by atoms with Crippen LogP contribution in [0.5, 0.6) is 0 Å². The summed E-state index contributed by atoms with van der Waals surface area (Å²) >= 11 is 0. The Labute approximate surface area is 286 Å². The number of rotatable bonds is 3. The third kappa shape index (κ3) is 4.04. The molecule has 0 radical (unpaired) electrons. The molecule has 0 spiro atoms. The van der Waals surface area contributed by atoms with E-state index in [1.165, 1.54) is 98.7 Å². The lowest BCUT2D eigenvalue weighted by molar-refractivity contribution is 0.661. The van der Waals surface area contributed by atoms with Gasteiger partial charge in [-0.25, -0.2) is 0 Å². The van der Waals surface area contributed by atoms with E-state index in [2.05, 4.69) is 184 Å².